The average Bonchev–Trinajstić information content (AvgIpc) is 2.01. The Kier molecular flexibility index (Phi) is 2.82. The molecule has 0 aromatic carbocycles. The maximum atomic E-state index is 11.8. The quantitative estimate of drug-likeness (QED) is 0.641. The Morgan fingerprint density at radius 1 is 1.46 bits per heavy atom. The summed E-state index contributed by atoms with van der Waals surface area (Å²) in [5, 5.41) is 0.637. The molecule has 1 aliphatic carbocycles. The zero-order valence-corrected chi connectivity index (χ0v) is 8.98. The lowest BCUT2D eigenvalue weighted by atomic mass is 9.84. The number of hydrogen-bond donors (Lipinski definition) is 0. The predicted molar refractivity (Wildman–Crippen MR) is 55.8 cm³/mol. The van der Waals surface area contributed by atoms with E-state index >= 15 is 0 Å². The van der Waals surface area contributed by atoms with Gasteiger partial charge in [-0.05, 0) is 12.8 Å². The molecule has 0 bridgehead atoms. The molecule has 0 spiro atoms. The molecule has 1 aliphatic heterocycles. The van der Waals surface area contributed by atoms with Gasteiger partial charge in [-0.15, -0.1) is 0 Å². The minimum Gasteiger partial charge on any atom is -0.341 e. The zero-order chi connectivity index (χ0) is 9.26. The van der Waals surface area contributed by atoms with E-state index in [4.69, 9.17) is 0 Å². The van der Waals surface area contributed by atoms with Crippen LogP contribution in [0.15, 0.2) is 0 Å². The van der Waals surface area contributed by atoms with Gasteiger partial charge in [-0.2, -0.15) is 11.8 Å². The van der Waals surface area contributed by atoms with Gasteiger partial charge in [0.05, 0.1) is 0 Å². The maximum Gasteiger partial charge on any atom is 0.225 e. The number of thioether (sulfide) groups is 1. The van der Waals surface area contributed by atoms with E-state index in [1.54, 1.807) is 0 Å². The van der Waals surface area contributed by atoms with Crippen molar-refractivity contribution in [3.63, 3.8) is 0 Å². The van der Waals surface area contributed by atoms with Crippen LogP contribution in [0, 0.1) is 5.92 Å². The number of carbonyl (C=O) groups excluding carboxylic acids is 1. The lowest BCUT2D eigenvalue weighted by molar-refractivity contribution is -0.138. The molecule has 1 atom stereocenters. The topological polar surface area (TPSA) is 20.3 Å². The summed E-state index contributed by atoms with van der Waals surface area (Å²) in [4.78, 5) is 13.9. The molecular formula is C10H17NOS. The first kappa shape index (κ1) is 9.38. The van der Waals surface area contributed by atoms with E-state index < -0.39 is 0 Å². The van der Waals surface area contributed by atoms with Crippen molar-refractivity contribution in [2.75, 3.05) is 18.8 Å². The normalized spacial score (nSPS) is 29.9. The van der Waals surface area contributed by atoms with E-state index in [2.05, 4.69) is 11.8 Å². The van der Waals surface area contributed by atoms with Crippen molar-refractivity contribution < 1.29 is 4.79 Å². The lowest BCUT2D eigenvalue weighted by Gasteiger charge is -2.35. The van der Waals surface area contributed by atoms with E-state index in [-0.39, 0.29) is 0 Å². The standard InChI is InChI=1S/C10H17NOS/c1-8-7-11(5-6-13-8)10(12)9-3-2-4-9/h8-9H,2-7H2,1H3. The number of hydrogen-bond acceptors (Lipinski definition) is 2. The van der Waals surface area contributed by atoms with Crippen LogP contribution >= 0.6 is 11.8 Å². The summed E-state index contributed by atoms with van der Waals surface area (Å²) >= 11 is 1.98. The number of rotatable bonds is 1. The van der Waals surface area contributed by atoms with E-state index in [0.717, 1.165) is 31.7 Å². The van der Waals surface area contributed by atoms with Crippen molar-refractivity contribution >= 4 is 17.7 Å². The van der Waals surface area contributed by atoms with Gasteiger partial charge < -0.3 is 4.90 Å². The first-order valence-electron chi connectivity index (χ1n) is 5.18. The Balaban J connectivity index is 1.87. The van der Waals surface area contributed by atoms with Gasteiger partial charge in [0.15, 0.2) is 0 Å². The first-order chi connectivity index (χ1) is 6.27. The second-order valence-corrected chi connectivity index (χ2v) is 5.64. The summed E-state index contributed by atoms with van der Waals surface area (Å²) in [7, 11) is 0. The van der Waals surface area contributed by atoms with Crippen molar-refractivity contribution in [1.29, 1.82) is 0 Å². The van der Waals surface area contributed by atoms with E-state index in [0.29, 0.717) is 17.1 Å². The van der Waals surface area contributed by atoms with Crippen LogP contribution in [-0.2, 0) is 4.79 Å². The minimum absolute atomic E-state index is 0.385. The van der Waals surface area contributed by atoms with Crippen LogP contribution in [0.1, 0.15) is 26.2 Å². The van der Waals surface area contributed by atoms with Crippen LogP contribution in [0.5, 0.6) is 0 Å². The van der Waals surface area contributed by atoms with Gasteiger partial charge in [0.25, 0.3) is 0 Å². The summed E-state index contributed by atoms with van der Waals surface area (Å²) in [6, 6.07) is 0. The van der Waals surface area contributed by atoms with E-state index in [1.807, 2.05) is 11.8 Å². The molecule has 0 radical (unpaired) electrons. The highest BCUT2D eigenvalue weighted by molar-refractivity contribution is 7.99. The van der Waals surface area contributed by atoms with Gasteiger partial charge in [0, 0.05) is 30.0 Å². The Morgan fingerprint density at radius 3 is 2.77 bits per heavy atom. The van der Waals surface area contributed by atoms with Crippen molar-refractivity contribution in [3.05, 3.63) is 0 Å². The van der Waals surface area contributed by atoms with Gasteiger partial charge in [-0.3, -0.25) is 4.79 Å². The third-order valence-corrected chi connectivity index (χ3v) is 4.14. The van der Waals surface area contributed by atoms with Gasteiger partial charge in [0.1, 0.15) is 0 Å². The molecule has 74 valence electrons. The molecular weight excluding hydrogens is 182 g/mol. The summed E-state index contributed by atoms with van der Waals surface area (Å²) in [5.74, 6) is 1.94. The molecule has 2 nitrogen and oxygen atoms in total. The van der Waals surface area contributed by atoms with Crippen LogP contribution < -0.4 is 0 Å². The molecule has 2 aliphatic rings. The molecule has 0 N–H and O–H groups in total. The largest absolute Gasteiger partial charge is 0.341 e. The Bertz CT molecular complexity index is 203. The van der Waals surface area contributed by atoms with Crippen molar-refractivity contribution in [2.45, 2.75) is 31.4 Å². The zero-order valence-electron chi connectivity index (χ0n) is 8.16. The SMILES string of the molecule is CC1CN(C(=O)C2CCC2)CCS1. The number of nitrogens with zero attached hydrogens (tertiary/aromatic N) is 1. The lowest BCUT2D eigenvalue weighted by Crippen LogP contribution is -2.45. The Labute approximate surface area is 84.1 Å². The van der Waals surface area contributed by atoms with Crippen LogP contribution in [0.2, 0.25) is 0 Å². The predicted octanol–water partition coefficient (Wildman–Crippen LogP) is 1.75. The molecule has 2 fully saturated rings. The third kappa shape index (κ3) is 2.01. The fraction of sp³-hybridized carbons (Fsp3) is 0.900. The summed E-state index contributed by atoms with van der Waals surface area (Å²) in [6.07, 6.45) is 3.53. The molecule has 1 amide bonds. The summed E-state index contributed by atoms with van der Waals surface area (Å²) in [5.41, 5.74) is 0. The molecule has 2 rings (SSSR count). The molecule has 1 unspecified atom stereocenters. The number of amides is 1. The second kappa shape index (κ2) is 3.91. The van der Waals surface area contributed by atoms with E-state index in [1.165, 1.54) is 6.42 Å². The van der Waals surface area contributed by atoms with Gasteiger partial charge in [0.2, 0.25) is 5.91 Å². The number of carbonyl (C=O) groups is 1. The summed E-state index contributed by atoms with van der Waals surface area (Å²) < 4.78 is 0. The molecule has 1 saturated carbocycles. The first-order valence-corrected chi connectivity index (χ1v) is 6.22. The van der Waals surface area contributed by atoms with Crippen LogP contribution in [0.3, 0.4) is 0 Å². The van der Waals surface area contributed by atoms with Crippen molar-refractivity contribution in [3.8, 4) is 0 Å². The van der Waals surface area contributed by atoms with Crippen LogP contribution in [0.4, 0.5) is 0 Å². The monoisotopic (exact) mass is 199 g/mol. The van der Waals surface area contributed by atoms with Gasteiger partial charge in [-0.25, -0.2) is 0 Å². The maximum absolute atomic E-state index is 11.8. The minimum atomic E-state index is 0.385. The highest BCUT2D eigenvalue weighted by Gasteiger charge is 2.31. The average molecular weight is 199 g/mol. The highest BCUT2D eigenvalue weighted by Crippen LogP contribution is 2.29. The van der Waals surface area contributed by atoms with Crippen LogP contribution in [-0.4, -0.2) is 34.9 Å². The summed E-state index contributed by atoms with van der Waals surface area (Å²) in [6.45, 7) is 4.16. The fourth-order valence-electron chi connectivity index (χ4n) is 1.93. The van der Waals surface area contributed by atoms with Gasteiger partial charge in [-0.1, -0.05) is 13.3 Å². The third-order valence-electron chi connectivity index (χ3n) is 3.01. The molecule has 0 aromatic heterocycles. The fourth-order valence-corrected chi connectivity index (χ4v) is 2.95. The van der Waals surface area contributed by atoms with E-state index in [9.17, 15) is 4.79 Å². The Morgan fingerprint density at radius 2 is 2.23 bits per heavy atom. The molecule has 13 heavy (non-hydrogen) atoms. The molecule has 1 saturated heterocycles. The van der Waals surface area contributed by atoms with Gasteiger partial charge >= 0.3 is 0 Å². The molecule has 1 heterocycles. The van der Waals surface area contributed by atoms with Crippen molar-refractivity contribution in [2.24, 2.45) is 5.92 Å². The Hall–Kier alpha value is -0.180. The molecule has 0 aromatic rings. The molecule has 3 heteroatoms. The second-order valence-electron chi connectivity index (χ2n) is 4.09. The smallest absolute Gasteiger partial charge is 0.225 e. The highest BCUT2D eigenvalue weighted by atomic mass is 32.2. The van der Waals surface area contributed by atoms with Crippen molar-refractivity contribution in [1.82, 2.24) is 4.90 Å². The van der Waals surface area contributed by atoms with Crippen LogP contribution in [0.25, 0.3) is 0 Å².